The Hall–Kier alpha value is -1.91. The highest BCUT2D eigenvalue weighted by atomic mass is 19.4. The van der Waals surface area contributed by atoms with Gasteiger partial charge in [0.2, 0.25) is 0 Å². The first-order valence-corrected chi connectivity index (χ1v) is 6.04. The van der Waals surface area contributed by atoms with Crippen molar-refractivity contribution in [3.63, 3.8) is 0 Å². The molecule has 1 aliphatic carbocycles. The van der Waals surface area contributed by atoms with Gasteiger partial charge in [0, 0.05) is 11.8 Å². The second-order valence-electron chi connectivity index (χ2n) is 4.68. The molecular formula is C14H12F3NO. The van der Waals surface area contributed by atoms with E-state index in [1.807, 2.05) is 6.08 Å². The molecule has 1 unspecified atom stereocenters. The molecule has 0 saturated carbocycles. The van der Waals surface area contributed by atoms with E-state index in [-0.39, 0.29) is 5.92 Å². The van der Waals surface area contributed by atoms with Crippen LogP contribution >= 0.6 is 0 Å². The van der Waals surface area contributed by atoms with Crippen LogP contribution in [0.5, 0.6) is 0 Å². The molecular weight excluding hydrogens is 255 g/mol. The van der Waals surface area contributed by atoms with Crippen molar-refractivity contribution in [2.75, 3.05) is 0 Å². The number of nitrogens with one attached hydrogen (secondary N) is 1. The van der Waals surface area contributed by atoms with Crippen LogP contribution < -0.4 is 5.48 Å². The number of rotatable bonds is 1. The zero-order valence-electron chi connectivity index (χ0n) is 10.00. The van der Waals surface area contributed by atoms with Crippen molar-refractivity contribution in [2.24, 2.45) is 0 Å². The van der Waals surface area contributed by atoms with Gasteiger partial charge in [-0.15, -0.1) is 0 Å². The average molecular weight is 267 g/mol. The third kappa shape index (κ3) is 2.20. The summed E-state index contributed by atoms with van der Waals surface area (Å²) < 4.78 is 39.0. The minimum Gasteiger partial charge on any atom is -0.383 e. The second-order valence-corrected chi connectivity index (χ2v) is 4.68. The Morgan fingerprint density at radius 3 is 2.79 bits per heavy atom. The molecule has 0 saturated heterocycles. The van der Waals surface area contributed by atoms with E-state index in [1.165, 1.54) is 6.07 Å². The van der Waals surface area contributed by atoms with E-state index in [1.54, 1.807) is 18.3 Å². The van der Waals surface area contributed by atoms with Gasteiger partial charge in [0.05, 0.1) is 5.56 Å². The van der Waals surface area contributed by atoms with E-state index < -0.39 is 11.7 Å². The third-order valence-electron chi connectivity index (χ3n) is 3.48. The Morgan fingerprint density at radius 2 is 2.00 bits per heavy atom. The zero-order chi connectivity index (χ0) is 13.5. The van der Waals surface area contributed by atoms with Crippen LogP contribution in [0.2, 0.25) is 0 Å². The highest BCUT2D eigenvalue weighted by Gasteiger charge is 2.36. The first-order valence-electron chi connectivity index (χ1n) is 6.04. The quantitative estimate of drug-likeness (QED) is 0.833. The largest absolute Gasteiger partial charge is 0.416 e. The molecule has 2 nitrogen and oxygen atoms in total. The van der Waals surface area contributed by atoms with Crippen molar-refractivity contribution >= 4 is 0 Å². The maximum absolute atomic E-state index is 13.0. The molecule has 100 valence electrons. The highest BCUT2D eigenvalue weighted by Crippen LogP contribution is 2.42. The molecule has 1 aromatic carbocycles. The van der Waals surface area contributed by atoms with Crippen LogP contribution in [0.15, 0.2) is 47.9 Å². The Kier molecular flexibility index (Phi) is 2.77. The molecule has 1 atom stereocenters. The van der Waals surface area contributed by atoms with Gasteiger partial charge in [-0.05, 0) is 36.5 Å². The second kappa shape index (κ2) is 4.33. The molecule has 2 aliphatic rings. The van der Waals surface area contributed by atoms with Crippen LogP contribution in [0.4, 0.5) is 13.2 Å². The van der Waals surface area contributed by atoms with Gasteiger partial charge in [0.25, 0.3) is 0 Å². The minimum absolute atomic E-state index is 0.156. The van der Waals surface area contributed by atoms with E-state index in [0.717, 1.165) is 17.4 Å². The summed E-state index contributed by atoms with van der Waals surface area (Å²) in [4.78, 5) is 5.13. The number of allylic oxidation sites excluding steroid dienone is 2. The van der Waals surface area contributed by atoms with E-state index in [4.69, 9.17) is 4.84 Å². The SMILES string of the molecule is FC(F)(F)c1ccccc1C1CC=C2ONC=C2C1. The lowest BCUT2D eigenvalue weighted by molar-refractivity contribution is -0.138. The van der Waals surface area contributed by atoms with Crippen molar-refractivity contribution in [1.29, 1.82) is 0 Å². The Morgan fingerprint density at radius 1 is 1.21 bits per heavy atom. The van der Waals surface area contributed by atoms with Crippen molar-refractivity contribution < 1.29 is 18.0 Å². The smallest absolute Gasteiger partial charge is 0.383 e. The van der Waals surface area contributed by atoms with E-state index in [0.29, 0.717) is 18.4 Å². The van der Waals surface area contributed by atoms with Gasteiger partial charge in [0.15, 0.2) is 5.76 Å². The van der Waals surface area contributed by atoms with Crippen molar-refractivity contribution in [1.82, 2.24) is 5.48 Å². The predicted molar refractivity (Wildman–Crippen MR) is 63.8 cm³/mol. The lowest BCUT2D eigenvalue weighted by Gasteiger charge is -2.24. The summed E-state index contributed by atoms with van der Waals surface area (Å²) in [6, 6.07) is 5.79. The monoisotopic (exact) mass is 267 g/mol. The molecule has 1 N–H and O–H groups in total. The molecule has 1 aliphatic heterocycles. The number of benzene rings is 1. The normalized spacial score (nSPS) is 21.9. The first-order chi connectivity index (χ1) is 9.05. The maximum atomic E-state index is 13.0. The van der Waals surface area contributed by atoms with Gasteiger partial charge in [-0.2, -0.15) is 13.2 Å². The van der Waals surface area contributed by atoms with E-state index in [2.05, 4.69) is 5.48 Å². The van der Waals surface area contributed by atoms with E-state index in [9.17, 15) is 13.2 Å². The lowest BCUT2D eigenvalue weighted by atomic mass is 9.82. The predicted octanol–water partition coefficient (Wildman–Crippen LogP) is 3.89. The fraction of sp³-hybridized carbons (Fsp3) is 0.286. The molecule has 0 fully saturated rings. The topological polar surface area (TPSA) is 21.3 Å². The van der Waals surface area contributed by atoms with E-state index >= 15 is 0 Å². The number of fused-ring (bicyclic) bond motifs is 1. The third-order valence-corrected chi connectivity index (χ3v) is 3.48. The number of hydrogen-bond acceptors (Lipinski definition) is 2. The van der Waals surface area contributed by atoms with Gasteiger partial charge in [-0.1, -0.05) is 18.2 Å². The fourth-order valence-corrected chi connectivity index (χ4v) is 2.58. The molecule has 0 radical (unpaired) electrons. The Labute approximate surface area is 108 Å². The molecule has 1 aromatic rings. The van der Waals surface area contributed by atoms with Crippen LogP contribution in [-0.2, 0) is 11.0 Å². The standard InChI is InChI=1S/C14H12F3NO/c15-14(16,17)12-4-2-1-3-11(12)9-5-6-13-10(7-9)8-18-19-13/h1-4,6,8-9,18H,5,7H2. The molecule has 3 rings (SSSR count). The molecule has 0 bridgehead atoms. The molecule has 19 heavy (non-hydrogen) atoms. The lowest BCUT2D eigenvalue weighted by Crippen LogP contribution is -2.14. The summed E-state index contributed by atoms with van der Waals surface area (Å²) in [5.74, 6) is 0.581. The molecule has 1 heterocycles. The number of hydrogen-bond donors (Lipinski definition) is 1. The fourth-order valence-electron chi connectivity index (χ4n) is 2.58. The van der Waals surface area contributed by atoms with Crippen LogP contribution in [-0.4, -0.2) is 0 Å². The summed E-state index contributed by atoms with van der Waals surface area (Å²) >= 11 is 0. The molecule has 0 aromatic heterocycles. The van der Waals surface area contributed by atoms with Crippen molar-refractivity contribution in [3.8, 4) is 0 Å². The summed E-state index contributed by atoms with van der Waals surface area (Å²) in [6.45, 7) is 0. The van der Waals surface area contributed by atoms with Gasteiger partial charge < -0.3 is 4.84 Å². The summed E-state index contributed by atoms with van der Waals surface area (Å²) in [6.07, 6.45) is 0.355. The minimum atomic E-state index is -4.31. The van der Waals surface area contributed by atoms with Crippen LogP contribution in [0.25, 0.3) is 0 Å². The average Bonchev–Trinajstić information content (AvgIpc) is 2.85. The van der Waals surface area contributed by atoms with Crippen LogP contribution in [0, 0.1) is 0 Å². The summed E-state index contributed by atoms with van der Waals surface area (Å²) in [5, 5.41) is 0. The molecule has 0 amide bonds. The number of hydroxylamine groups is 1. The Bertz CT molecular complexity index is 560. The van der Waals surface area contributed by atoms with Crippen molar-refractivity contribution in [3.05, 3.63) is 59.0 Å². The maximum Gasteiger partial charge on any atom is 0.416 e. The van der Waals surface area contributed by atoms with Crippen molar-refractivity contribution in [2.45, 2.75) is 24.9 Å². The van der Waals surface area contributed by atoms with Crippen LogP contribution in [0.1, 0.15) is 29.9 Å². The molecule has 0 spiro atoms. The summed E-state index contributed by atoms with van der Waals surface area (Å²) in [5.41, 5.74) is 3.37. The summed E-state index contributed by atoms with van der Waals surface area (Å²) in [7, 11) is 0. The van der Waals surface area contributed by atoms with Gasteiger partial charge >= 0.3 is 6.18 Å². The van der Waals surface area contributed by atoms with Gasteiger partial charge in [-0.3, -0.25) is 0 Å². The molecule has 5 heteroatoms. The van der Waals surface area contributed by atoms with Crippen LogP contribution in [0.3, 0.4) is 0 Å². The van der Waals surface area contributed by atoms with Gasteiger partial charge in [0.1, 0.15) is 0 Å². The highest BCUT2D eigenvalue weighted by molar-refractivity contribution is 5.39. The zero-order valence-corrected chi connectivity index (χ0v) is 10.00. The van der Waals surface area contributed by atoms with Gasteiger partial charge in [-0.25, -0.2) is 5.48 Å². The Balaban J connectivity index is 1.96. The number of alkyl halides is 3. The number of halogens is 3. The first kappa shape index (κ1) is 12.1.